The van der Waals surface area contributed by atoms with Crippen LogP contribution in [-0.4, -0.2) is 82.6 Å². The molecule has 2 unspecified atom stereocenters. The Kier molecular flexibility index (Phi) is 5.56. The molecule has 170 valence electrons. The van der Waals surface area contributed by atoms with Gasteiger partial charge in [-0.15, -0.1) is 0 Å². The Morgan fingerprint density at radius 2 is 1.69 bits per heavy atom. The smallest absolute Gasteiger partial charge is 0.262 e. The molecule has 4 aliphatic heterocycles. The van der Waals surface area contributed by atoms with Crippen LogP contribution in [0.25, 0.3) is 0 Å². The van der Waals surface area contributed by atoms with E-state index < -0.39 is 23.8 Å². The molecule has 0 bridgehead atoms. The highest BCUT2D eigenvalue weighted by Crippen LogP contribution is 2.29. The minimum absolute atomic E-state index is 0.119. The van der Waals surface area contributed by atoms with Crippen molar-refractivity contribution in [2.45, 2.75) is 56.8 Å². The molecule has 5 rings (SSSR count). The fraction of sp³-hybridized carbons (Fsp3) is 0.565. The number of benzene rings is 1. The first-order chi connectivity index (χ1) is 15.4. The number of hydrogen-bond acceptors (Lipinski definition) is 7. The number of rotatable bonds is 4. The van der Waals surface area contributed by atoms with Gasteiger partial charge in [-0.25, -0.2) is 0 Å². The van der Waals surface area contributed by atoms with Gasteiger partial charge in [0.2, 0.25) is 11.8 Å². The number of likely N-dealkylation sites (tertiary alicyclic amines) is 2. The van der Waals surface area contributed by atoms with E-state index in [2.05, 4.69) is 15.1 Å². The van der Waals surface area contributed by atoms with Crippen LogP contribution in [0.15, 0.2) is 18.2 Å². The predicted octanol–water partition coefficient (Wildman–Crippen LogP) is 0.0852. The van der Waals surface area contributed by atoms with Crippen LogP contribution in [0.1, 0.15) is 58.4 Å². The second-order valence-corrected chi connectivity index (χ2v) is 9.38. The Balaban J connectivity index is 1.25. The van der Waals surface area contributed by atoms with Gasteiger partial charge in [0, 0.05) is 38.1 Å². The van der Waals surface area contributed by atoms with E-state index in [1.165, 1.54) is 0 Å². The SMILES string of the molecule is NC1CCN(C2CCN(Cc3ccc4c(c3)C(=O)N(C3CCC(=O)NC3=O)C4=O)C2)CC1. The van der Waals surface area contributed by atoms with Crippen molar-refractivity contribution in [3.05, 3.63) is 34.9 Å². The molecule has 3 saturated heterocycles. The third-order valence-electron chi connectivity index (χ3n) is 7.25. The Morgan fingerprint density at radius 1 is 0.938 bits per heavy atom. The van der Waals surface area contributed by atoms with Crippen LogP contribution in [0.5, 0.6) is 0 Å². The summed E-state index contributed by atoms with van der Waals surface area (Å²) < 4.78 is 0. The number of piperidine rings is 2. The maximum absolute atomic E-state index is 13.0. The van der Waals surface area contributed by atoms with Gasteiger partial charge in [-0.3, -0.25) is 39.2 Å². The van der Waals surface area contributed by atoms with Gasteiger partial charge in [0.25, 0.3) is 11.8 Å². The zero-order chi connectivity index (χ0) is 22.4. The first kappa shape index (κ1) is 21.2. The van der Waals surface area contributed by atoms with Crippen molar-refractivity contribution >= 4 is 23.6 Å². The van der Waals surface area contributed by atoms with Crippen LogP contribution < -0.4 is 11.1 Å². The quantitative estimate of drug-likeness (QED) is 0.639. The third-order valence-corrected chi connectivity index (χ3v) is 7.25. The molecular formula is C23H29N5O4. The number of carbonyl (C=O) groups is 4. The van der Waals surface area contributed by atoms with E-state index in [-0.39, 0.29) is 18.7 Å². The molecule has 9 heteroatoms. The highest BCUT2D eigenvalue weighted by molar-refractivity contribution is 6.23. The summed E-state index contributed by atoms with van der Waals surface area (Å²) in [6.07, 6.45) is 3.52. The fourth-order valence-corrected chi connectivity index (χ4v) is 5.41. The molecule has 1 aromatic carbocycles. The minimum Gasteiger partial charge on any atom is -0.328 e. The molecule has 0 aliphatic carbocycles. The lowest BCUT2D eigenvalue weighted by atomic mass is 10.0. The van der Waals surface area contributed by atoms with E-state index in [4.69, 9.17) is 5.73 Å². The molecule has 0 spiro atoms. The van der Waals surface area contributed by atoms with Gasteiger partial charge in [-0.2, -0.15) is 0 Å². The summed E-state index contributed by atoms with van der Waals surface area (Å²) in [4.78, 5) is 55.5. The minimum atomic E-state index is -0.930. The van der Waals surface area contributed by atoms with Gasteiger partial charge in [0.1, 0.15) is 6.04 Å². The van der Waals surface area contributed by atoms with Crippen molar-refractivity contribution < 1.29 is 19.2 Å². The lowest BCUT2D eigenvalue weighted by Crippen LogP contribution is -2.54. The highest BCUT2D eigenvalue weighted by Gasteiger charge is 2.44. The molecular weight excluding hydrogens is 410 g/mol. The first-order valence-corrected chi connectivity index (χ1v) is 11.5. The molecule has 1 aromatic rings. The number of nitrogens with one attached hydrogen (secondary N) is 1. The fourth-order valence-electron chi connectivity index (χ4n) is 5.41. The van der Waals surface area contributed by atoms with Crippen LogP contribution in [-0.2, 0) is 16.1 Å². The first-order valence-electron chi connectivity index (χ1n) is 11.5. The number of nitrogens with zero attached hydrogens (tertiary/aromatic N) is 3. The zero-order valence-electron chi connectivity index (χ0n) is 18.1. The van der Waals surface area contributed by atoms with Crippen LogP contribution in [0.3, 0.4) is 0 Å². The maximum Gasteiger partial charge on any atom is 0.262 e. The lowest BCUT2D eigenvalue weighted by Gasteiger charge is -2.34. The van der Waals surface area contributed by atoms with E-state index in [0.717, 1.165) is 62.4 Å². The van der Waals surface area contributed by atoms with Crippen molar-refractivity contribution in [1.82, 2.24) is 20.0 Å². The Hall–Kier alpha value is -2.62. The number of imide groups is 2. The Labute approximate surface area is 186 Å². The lowest BCUT2D eigenvalue weighted by molar-refractivity contribution is -0.136. The molecule has 4 amide bonds. The maximum atomic E-state index is 13.0. The number of carbonyl (C=O) groups excluding carboxylic acids is 4. The predicted molar refractivity (Wildman–Crippen MR) is 116 cm³/mol. The Morgan fingerprint density at radius 3 is 2.44 bits per heavy atom. The average Bonchev–Trinajstić information content (AvgIpc) is 3.32. The van der Waals surface area contributed by atoms with Gasteiger partial charge < -0.3 is 5.73 Å². The number of fused-ring (bicyclic) bond motifs is 1. The molecule has 4 heterocycles. The monoisotopic (exact) mass is 439 g/mol. The molecule has 32 heavy (non-hydrogen) atoms. The largest absolute Gasteiger partial charge is 0.328 e. The van der Waals surface area contributed by atoms with Crippen LogP contribution in [0.4, 0.5) is 0 Å². The molecule has 0 radical (unpaired) electrons. The van der Waals surface area contributed by atoms with E-state index in [1.54, 1.807) is 12.1 Å². The molecule has 2 atom stereocenters. The number of nitrogens with two attached hydrogens (primary N) is 1. The second kappa shape index (κ2) is 8.38. The summed E-state index contributed by atoms with van der Waals surface area (Å²) in [5, 5.41) is 2.23. The molecule has 0 aromatic heterocycles. The van der Waals surface area contributed by atoms with Gasteiger partial charge >= 0.3 is 0 Å². The normalized spacial score (nSPS) is 27.8. The van der Waals surface area contributed by atoms with E-state index in [9.17, 15) is 19.2 Å². The second-order valence-electron chi connectivity index (χ2n) is 9.38. The third kappa shape index (κ3) is 3.85. The molecule has 4 aliphatic rings. The zero-order valence-corrected chi connectivity index (χ0v) is 18.1. The van der Waals surface area contributed by atoms with Crippen LogP contribution in [0, 0.1) is 0 Å². The van der Waals surface area contributed by atoms with Crippen molar-refractivity contribution in [1.29, 1.82) is 0 Å². The summed E-state index contributed by atoms with van der Waals surface area (Å²) in [6.45, 7) is 4.83. The van der Waals surface area contributed by atoms with Crippen molar-refractivity contribution in [2.24, 2.45) is 5.73 Å². The molecule has 9 nitrogen and oxygen atoms in total. The average molecular weight is 440 g/mol. The molecule has 3 fully saturated rings. The summed E-state index contributed by atoms with van der Waals surface area (Å²) in [7, 11) is 0. The van der Waals surface area contributed by atoms with E-state index in [1.807, 2.05) is 6.07 Å². The summed E-state index contributed by atoms with van der Waals surface area (Å²) in [5.41, 5.74) is 7.69. The standard InChI is InChI=1S/C23H29N5O4/c24-15-5-9-27(10-6-15)16-7-8-26(13-16)12-14-1-2-17-18(11-14)23(32)28(22(17)31)19-3-4-20(29)25-21(19)30/h1-2,11,15-16,19H,3-10,12-13,24H2,(H,25,29,30). The summed E-state index contributed by atoms with van der Waals surface area (Å²) in [5.74, 6) is -1.87. The van der Waals surface area contributed by atoms with Gasteiger partial charge in [0.15, 0.2) is 0 Å². The van der Waals surface area contributed by atoms with Crippen LogP contribution >= 0.6 is 0 Å². The molecule has 3 N–H and O–H groups in total. The summed E-state index contributed by atoms with van der Waals surface area (Å²) in [6, 6.07) is 5.31. The van der Waals surface area contributed by atoms with Gasteiger partial charge in [0.05, 0.1) is 11.1 Å². The van der Waals surface area contributed by atoms with Crippen molar-refractivity contribution in [3.63, 3.8) is 0 Å². The topological polar surface area (TPSA) is 116 Å². The number of hydrogen-bond donors (Lipinski definition) is 2. The van der Waals surface area contributed by atoms with Crippen molar-refractivity contribution in [3.8, 4) is 0 Å². The van der Waals surface area contributed by atoms with E-state index >= 15 is 0 Å². The van der Waals surface area contributed by atoms with Gasteiger partial charge in [-0.05, 0) is 56.5 Å². The number of amides is 4. The van der Waals surface area contributed by atoms with Gasteiger partial charge in [-0.1, -0.05) is 6.07 Å². The van der Waals surface area contributed by atoms with Crippen LogP contribution in [0.2, 0.25) is 0 Å². The van der Waals surface area contributed by atoms with Crippen molar-refractivity contribution in [2.75, 3.05) is 26.2 Å². The molecule has 0 saturated carbocycles. The Bertz CT molecular complexity index is 971. The van der Waals surface area contributed by atoms with E-state index in [0.29, 0.717) is 23.2 Å². The summed E-state index contributed by atoms with van der Waals surface area (Å²) >= 11 is 0. The highest BCUT2D eigenvalue weighted by atomic mass is 16.2.